The molecule has 2 unspecified atom stereocenters. The van der Waals surface area contributed by atoms with Crippen LogP contribution in [0.3, 0.4) is 0 Å². The first-order valence-electron chi connectivity index (χ1n) is 12.8. The Labute approximate surface area is 255 Å². The molecule has 1 aliphatic heterocycles. The first-order valence-corrected chi connectivity index (χ1v) is 14.7. The van der Waals surface area contributed by atoms with Crippen LogP contribution in [0.25, 0.3) is 0 Å². The van der Waals surface area contributed by atoms with Crippen molar-refractivity contribution in [2.75, 3.05) is 17.6 Å². The third-order valence-electron chi connectivity index (χ3n) is 6.66. The number of nitrogens with one attached hydrogen (secondary N) is 2. The Morgan fingerprint density at radius 2 is 1.55 bits per heavy atom. The van der Waals surface area contributed by atoms with E-state index in [-0.39, 0.29) is 48.6 Å². The Morgan fingerprint density at radius 3 is 2.20 bits per heavy atom. The van der Waals surface area contributed by atoms with Crippen LogP contribution in [-0.2, 0) is 38.2 Å². The van der Waals surface area contributed by atoms with E-state index >= 15 is 0 Å². The molecule has 40 heavy (non-hydrogen) atoms. The molecule has 205 valence electrons. The number of hydrogen-bond acceptors (Lipinski definition) is 4. The minimum Gasteiger partial charge on any atom is -0.480 e. The van der Waals surface area contributed by atoms with Gasteiger partial charge in [0, 0.05) is 41.4 Å². The van der Waals surface area contributed by atoms with Crippen LogP contribution in [0.2, 0.25) is 0 Å². The van der Waals surface area contributed by atoms with Gasteiger partial charge in [0.2, 0.25) is 11.8 Å². The standard InChI is InChI=1S/C29H32N3O6P.Na/c33-27(34)20-32-26-14-8-7-13-23(26)15-16-24(29(32)36)30-28(35)25(19-22-11-5-2-6-12-22)31-39(37,38)18-17-21-9-3-1-4-10-21;/h1-14,24-25H,15-20H2,(H,30,35)(H,33,34)(H2,31,37,38);/t24-,25?;/m0./s1. The van der Waals surface area contributed by atoms with E-state index in [0.29, 0.717) is 18.5 Å². The van der Waals surface area contributed by atoms with Crippen molar-refractivity contribution in [1.82, 2.24) is 10.4 Å². The first kappa shape index (κ1) is 31.7. The number of fused-ring (bicyclic) bond motifs is 1. The van der Waals surface area contributed by atoms with E-state index in [1.165, 1.54) is 4.90 Å². The zero-order valence-corrected chi connectivity index (χ0v) is 25.3. The minimum atomic E-state index is -3.94. The maximum absolute atomic E-state index is 13.5. The number of amides is 2. The van der Waals surface area contributed by atoms with E-state index in [9.17, 15) is 28.9 Å². The molecule has 2 amide bonds. The summed E-state index contributed by atoms with van der Waals surface area (Å²) < 4.78 is 13.1. The molecule has 4 rings (SSSR count). The summed E-state index contributed by atoms with van der Waals surface area (Å²) >= 11 is 0. The molecule has 11 heteroatoms. The van der Waals surface area contributed by atoms with Crippen molar-refractivity contribution in [1.29, 1.82) is 0 Å². The van der Waals surface area contributed by atoms with Crippen molar-refractivity contribution in [3.8, 4) is 0 Å². The largest absolute Gasteiger partial charge is 0.480 e. The topological polar surface area (TPSA) is 136 Å². The Bertz CT molecular complexity index is 1360. The summed E-state index contributed by atoms with van der Waals surface area (Å²) in [6.45, 7) is -0.542. The van der Waals surface area contributed by atoms with Gasteiger partial charge >= 0.3 is 5.97 Å². The summed E-state index contributed by atoms with van der Waals surface area (Å²) in [5.41, 5.74) is 2.99. The van der Waals surface area contributed by atoms with Crippen LogP contribution in [0, 0.1) is 0 Å². The molecule has 0 spiro atoms. The fraction of sp³-hybridized carbons (Fsp3) is 0.276. The van der Waals surface area contributed by atoms with Crippen LogP contribution in [0.1, 0.15) is 23.1 Å². The number of para-hydroxylation sites is 1. The average Bonchev–Trinajstić information content (AvgIpc) is 3.05. The second kappa shape index (κ2) is 14.7. The molecule has 0 saturated carbocycles. The fourth-order valence-electron chi connectivity index (χ4n) is 4.70. The van der Waals surface area contributed by atoms with Crippen molar-refractivity contribution in [2.24, 2.45) is 0 Å². The van der Waals surface area contributed by atoms with Crippen molar-refractivity contribution in [3.05, 3.63) is 102 Å². The summed E-state index contributed by atoms with van der Waals surface area (Å²) in [7, 11) is -3.94. The molecule has 0 saturated heterocycles. The average molecular weight is 573 g/mol. The van der Waals surface area contributed by atoms with E-state index in [4.69, 9.17) is 0 Å². The van der Waals surface area contributed by atoms with Crippen molar-refractivity contribution in [3.63, 3.8) is 0 Å². The molecule has 0 bridgehead atoms. The van der Waals surface area contributed by atoms with Crippen LogP contribution in [0.15, 0.2) is 84.9 Å². The minimum absolute atomic E-state index is 0. The van der Waals surface area contributed by atoms with Gasteiger partial charge in [-0.25, -0.2) is 5.09 Å². The number of benzene rings is 3. The molecule has 3 aromatic carbocycles. The third-order valence-corrected chi connectivity index (χ3v) is 8.21. The van der Waals surface area contributed by atoms with Gasteiger partial charge in [-0.1, -0.05) is 78.9 Å². The molecule has 9 nitrogen and oxygen atoms in total. The smallest absolute Gasteiger partial charge is 0.323 e. The summed E-state index contributed by atoms with van der Waals surface area (Å²) in [6.07, 6.45) is 1.13. The van der Waals surface area contributed by atoms with Crippen LogP contribution < -0.4 is 15.3 Å². The van der Waals surface area contributed by atoms with Crippen molar-refractivity contribution >= 4 is 60.5 Å². The quantitative estimate of drug-likeness (QED) is 0.205. The van der Waals surface area contributed by atoms with E-state index in [2.05, 4.69) is 10.4 Å². The number of nitrogens with zero attached hydrogens (tertiary/aromatic N) is 1. The van der Waals surface area contributed by atoms with Crippen LogP contribution in [0.4, 0.5) is 5.69 Å². The van der Waals surface area contributed by atoms with Gasteiger partial charge in [0.1, 0.15) is 12.6 Å². The molecule has 0 aromatic heterocycles. The molecule has 0 fully saturated rings. The van der Waals surface area contributed by atoms with Gasteiger partial charge in [0.15, 0.2) is 0 Å². The summed E-state index contributed by atoms with van der Waals surface area (Å²) in [6, 6.07) is 23.4. The predicted octanol–water partition coefficient (Wildman–Crippen LogP) is 2.78. The van der Waals surface area contributed by atoms with Gasteiger partial charge in [-0.15, -0.1) is 0 Å². The van der Waals surface area contributed by atoms with Gasteiger partial charge in [-0.2, -0.15) is 0 Å². The number of carboxylic acids is 1. The molecule has 3 atom stereocenters. The Balaban J connectivity index is 0.00000441. The van der Waals surface area contributed by atoms with Crippen molar-refractivity contribution in [2.45, 2.75) is 37.8 Å². The molecular formula is C29H32N3NaO6P. The maximum atomic E-state index is 13.5. The number of carbonyl (C=O) groups is 3. The maximum Gasteiger partial charge on any atom is 0.323 e. The number of aryl methyl sites for hydroxylation is 2. The number of aliphatic carboxylic acids is 1. The molecule has 4 N–H and O–H groups in total. The van der Waals surface area contributed by atoms with Gasteiger partial charge in [0.05, 0.1) is 6.04 Å². The third kappa shape index (κ3) is 8.86. The van der Waals surface area contributed by atoms with E-state index < -0.39 is 43.9 Å². The second-order valence-corrected chi connectivity index (χ2v) is 11.7. The molecule has 1 radical (unpaired) electrons. The normalized spacial score (nSPS) is 17.0. The fourth-order valence-corrected chi connectivity index (χ4v) is 6.09. The Morgan fingerprint density at radius 1 is 0.950 bits per heavy atom. The summed E-state index contributed by atoms with van der Waals surface area (Å²) in [4.78, 5) is 50.4. The number of carbonyl (C=O) groups excluding carboxylic acids is 2. The Kier molecular flexibility index (Phi) is 11.7. The van der Waals surface area contributed by atoms with Crippen molar-refractivity contribution < 1.29 is 28.9 Å². The summed E-state index contributed by atoms with van der Waals surface area (Å²) in [5.74, 6) is -2.31. The molecule has 3 aromatic rings. The number of hydrogen-bond donors (Lipinski definition) is 4. The molecule has 1 aliphatic rings. The van der Waals surface area contributed by atoms with E-state index in [1.54, 1.807) is 12.1 Å². The van der Waals surface area contributed by atoms with Gasteiger partial charge in [0.25, 0.3) is 7.52 Å². The number of rotatable bonds is 11. The van der Waals surface area contributed by atoms with E-state index in [1.807, 2.05) is 72.8 Å². The first-order chi connectivity index (χ1) is 18.7. The molecule has 0 aliphatic carbocycles. The monoisotopic (exact) mass is 572 g/mol. The molecule has 1 heterocycles. The van der Waals surface area contributed by atoms with Gasteiger partial charge in [-0.05, 0) is 48.4 Å². The van der Waals surface area contributed by atoms with Gasteiger partial charge < -0.3 is 15.3 Å². The number of carboxylic acid groups (broad SMARTS) is 1. The molecular weight excluding hydrogens is 540 g/mol. The zero-order chi connectivity index (χ0) is 27.8. The van der Waals surface area contributed by atoms with Crippen LogP contribution in [-0.4, -0.2) is 82.1 Å². The summed E-state index contributed by atoms with van der Waals surface area (Å²) in [5, 5.41) is 14.8. The van der Waals surface area contributed by atoms with Crippen LogP contribution in [0.5, 0.6) is 0 Å². The zero-order valence-electron chi connectivity index (χ0n) is 22.4. The second-order valence-electron chi connectivity index (χ2n) is 9.58. The predicted molar refractivity (Wildman–Crippen MR) is 154 cm³/mol. The van der Waals surface area contributed by atoms with Crippen LogP contribution >= 0.6 is 7.52 Å². The van der Waals surface area contributed by atoms with E-state index in [0.717, 1.165) is 16.7 Å². The Hall–Kier alpha value is -2.78. The SMILES string of the molecule is O=C(O)CN1C(=O)[C@@H](NC(=O)C(Cc2ccccc2)NP(=O)(O)CCc2ccccc2)CCc2ccccc21.[Na]. The number of anilines is 1. The van der Waals surface area contributed by atoms with Gasteiger partial charge in [-0.3, -0.25) is 23.8 Å².